The Hall–Kier alpha value is -3.05. The fourth-order valence-corrected chi connectivity index (χ4v) is 4.35. The van der Waals surface area contributed by atoms with Gasteiger partial charge in [0.25, 0.3) is 0 Å². The molecule has 0 bridgehead atoms. The largest absolute Gasteiger partial charge is 0.404 e. The molecular weight excluding hydrogens is 455 g/mol. The molecule has 170 valence electrons. The van der Waals surface area contributed by atoms with Gasteiger partial charge in [-0.05, 0) is 47.0 Å². The van der Waals surface area contributed by atoms with Gasteiger partial charge in [-0.1, -0.05) is 24.3 Å². The molecule has 0 fully saturated rings. The Morgan fingerprint density at radius 1 is 0.969 bits per heavy atom. The molecule has 5 nitrogen and oxygen atoms in total. The molecule has 3 aromatic rings. The first-order chi connectivity index (χ1) is 15.0. The van der Waals surface area contributed by atoms with Crippen molar-refractivity contribution in [3.05, 3.63) is 95.3 Å². The average molecular weight is 472 g/mol. The Kier molecular flexibility index (Phi) is 6.79. The predicted molar refractivity (Wildman–Crippen MR) is 107 cm³/mol. The molecule has 0 aliphatic rings. The summed E-state index contributed by atoms with van der Waals surface area (Å²) in [4.78, 5) is 3.84. The lowest BCUT2D eigenvalue weighted by molar-refractivity contribution is -0.106. The Balaban J connectivity index is 1.93. The van der Waals surface area contributed by atoms with Gasteiger partial charge < -0.3 is 5.11 Å². The number of pyridine rings is 1. The van der Waals surface area contributed by atoms with Gasteiger partial charge in [0.2, 0.25) is 10.0 Å². The van der Waals surface area contributed by atoms with Crippen LogP contribution in [0.15, 0.2) is 67.0 Å². The lowest BCUT2D eigenvalue weighted by Gasteiger charge is -2.25. The Labute approximate surface area is 180 Å². The number of benzene rings is 2. The minimum atomic E-state index is -4.95. The lowest BCUT2D eigenvalue weighted by Crippen LogP contribution is -2.37. The van der Waals surface area contributed by atoms with E-state index in [2.05, 4.69) is 4.98 Å². The third kappa shape index (κ3) is 5.80. The Morgan fingerprint density at radius 3 is 2.19 bits per heavy atom. The lowest BCUT2D eigenvalue weighted by atomic mass is 10.0. The van der Waals surface area contributed by atoms with E-state index < -0.39 is 46.2 Å². The van der Waals surface area contributed by atoms with Gasteiger partial charge >= 0.3 is 6.18 Å². The van der Waals surface area contributed by atoms with E-state index in [1.54, 1.807) is 0 Å². The summed E-state index contributed by atoms with van der Waals surface area (Å²) in [5.74, 6) is -4.30. The number of anilines is 1. The van der Waals surface area contributed by atoms with Crippen LogP contribution in [-0.2, 0) is 16.6 Å². The van der Waals surface area contributed by atoms with E-state index in [0.29, 0.717) is 9.87 Å². The molecule has 0 aliphatic heterocycles. The maximum absolute atomic E-state index is 13.4. The van der Waals surface area contributed by atoms with Gasteiger partial charge in [-0.25, -0.2) is 17.2 Å². The van der Waals surface area contributed by atoms with E-state index in [0.717, 1.165) is 12.1 Å². The highest BCUT2D eigenvalue weighted by Crippen LogP contribution is 2.29. The number of aromatic nitrogens is 1. The van der Waals surface area contributed by atoms with Gasteiger partial charge in [0.1, 0.15) is 6.10 Å². The number of halogens is 5. The minimum absolute atomic E-state index is 0.0496. The number of aliphatic hydroxyl groups is 1. The van der Waals surface area contributed by atoms with Crippen LogP contribution in [0.2, 0.25) is 0 Å². The second-order valence-corrected chi connectivity index (χ2v) is 8.80. The van der Waals surface area contributed by atoms with Crippen LogP contribution in [0, 0.1) is 11.6 Å². The molecule has 1 atom stereocenters. The zero-order valence-electron chi connectivity index (χ0n) is 16.3. The predicted octanol–water partition coefficient (Wildman–Crippen LogP) is 4.34. The number of alkyl halides is 3. The molecule has 0 amide bonds. The average Bonchev–Trinajstić information content (AvgIpc) is 2.72. The summed E-state index contributed by atoms with van der Waals surface area (Å²) in [5.41, 5.74) is 0.548. The molecule has 11 heteroatoms. The molecule has 0 spiro atoms. The maximum atomic E-state index is 13.4. The van der Waals surface area contributed by atoms with Crippen LogP contribution in [0.1, 0.15) is 22.8 Å². The standard InChI is InChI=1S/C21H17F5N2O3S/c22-18-8-5-16(10-19(18)23)20(29)15-3-6-17(7-4-15)28(12-14-2-1-9-27-11-14)32(30,31)13-21(24,25)26/h1-11,20,29H,12-13H2. The molecule has 0 aliphatic carbocycles. The molecule has 0 saturated carbocycles. The van der Waals surface area contributed by atoms with Crippen molar-refractivity contribution in [2.24, 2.45) is 0 Å². The van der Waals surface area contributed by atoms with E-state index in [9.17, 15) is 35.5 Å². The van der Waals surface area contributed by atoms with E-state index in [4.69, 9.17) is 0 Å². The van der Waals surface area contributed by atoms with Crippen molar-refractivity contribution in [3.8, 4) is 0 Å². The van der Waals surface area contributed by atoms with Crippen molar-refractivity contribution < 1.29 is 35.5 Å². The van der Waals surface area contributed by atoms with Crippen molar-refractivity contribution in [1.29, 1.82) is 0 Å². The van der Waals surface area contributed by atoms with Crippen LogP contribution in [0.4, 0.5) is 27.6 Å². The first-order valence-electron chi connectivity index (χ1n) is 9.15. The van der Waals surface area contributed by atoms with Crippen molar-refractivity contribution in [1.82, 2.24) is 4.98 Å². The third-order valence-corrected chi connectivity index (χ3v) is 6.19. The summed E-state index contributed by atoms with van der Waals surface area (Å²) in [5, 5.41) is 10.4. The van der Waals surface area contributed by atoms with Crippen LogP contribution >= 0.6 is 0 Å². The second-order valence-electron chi connectivity index (χ2n) is 6.91. The Bertz CT molecular complexity index is 1170. The quantitative estimate of drug-likeness (QED) is 0.520. The Morgan fingerprint density at radius 2 is 1.62 bits per heavy atom. The minimum Gasteiger partial charge on any atom is -0.384 e. The van der Waals surface area contributed by atoms with Crippen LogP contribution in [-0.4, -0.2) is 30.4 Å². The zero-order chi connectivity index (χ0) is 23.5. The topological polar surface area (TPSA) is 70.5 Å². The summed E-state index contributed by atoms with van der Waals surface area (Å²) in [7, 11) is -4.80. The highest BCUT2D eigenvalue weighted by atomic mass is 32.2. The van der Waals surface area contributed by atoms with Gasteiger partial charge in [-0.3, -0.25) is 9.29 Å². The van der Waals surface area contributed by atoms with Crippen molar-refractivity contribution in [3.63, 3.8) is 0 Å². The smallest absolute Gasteiger partial charge is 0.384 e. The number of hydrogen-bond donors (Lipinski definition) is 1. The highest BCUT2D eigenvalue weighted by Gasteiger charge is 2.38. The number of nitrogens with zero attached hydrogens (tertiary/aromatic N) is 2. The van der Waals surface area contributed by atoms with Crippen LogP contribution < -0.4 is 4.31 Å². The number of rotatable bonds is 7. The first-order valence-corrected chi connectivity index (χ1v) is 10.8. The monoisotopic (exact) mass is 472 g/mol. The van der Waals surface area contributed by atoms with E-state index in [1.807, 2.05) is 0 Å². The van der Waals surface area contributed by atoms with Gasteiger partial charge in [-0.15, -0.1) is 0 Å². The van der Waals surface area contributed by atoms with Crippen LogP contribution in [0.3, 0.4) is 0 Å². The van der Waals surface area contributed by atoms with Crippen LogP contribution in [0.5, 0.6) is 0 Å². The highest BCUT2D eigenvalue weighted by molar-refractivity contribution is 7.92. The van der Waals surface area contributed by atoms with Gasteiger partial charge in [0.15, 0.2) is 17.4 Å². The molecule has 32 heavy (non-hydrogen) atoms. The third-order valence-electron chi connectivity index (χ3n) is 4.49. The van der Waals surface area contributed by atoms with Crippen LogP contribution in [0.25, 0.3) is 0 Å². The maximum Gasteiger partial charge on any atom is 0.404 e. The molecule has 0 saturated heterocycles. The molecule has 1 heterocycles. The first kappa shape index (κ1) is 23.6. The molecule has 3 rings (SSSR count). The van der Waals surface area contributed by atoms with Crippen molar-refractivity contribution >= 4 is 15.7 Å². The second kappa shape index (κ2) is 9.21. The zero-order valence-corrected chi connectivity index (χ0v) is 17.1. The number of sulfonamides is 1. The fraction of sp³-hybridized carbons (Fsp3) is 0.190. The summed E-state index contributed by atoms with van der Waals surface area (Å²) in [6, 6.07) is 10.9. The summed E-state index contributed by atoms with van der Waals surface area (Å²) >= 11 is 0. The fourth-order valence-electron chi connectivity index (χ4n) is 2.99. The molecule has 2 aromatic carbocycles. The number of aliphatic hydroxyl groups excluding tert-OH is 1. The molecular formula is C21H17F5N2O3S. The summed E-state index contributed by atoms with van der Waals surface area (Å²) in [6.45, 7) is -0.392. The van der Waals surface area contributed by atoms with Crippen molar-refractivity contribution in [2.45, 2.75) is 18.8 Å². The molecule has 1 N–H and O–H groups in total. The van der Waals surface area contributed by atoms with E-state index in [1.165, 1.54) is 54.9 Å². The van der Waals surface area contributed by atoms with Crippen molar-refractivity contribution in [2.75, 3.05) is 10.1 Å². The summed E-state index contributed by atoms with van der Waals surface area (Å²) < 4.78 is 90.8. The van der Waals surface area contributed by atoms with Gasteiger partial charge in [0.05, 0.1) is 12.2 Å². The normalized spacial score (nSPS) is 13.1. The van der Waals surface area contributed by atoms with E-state index in [-0.39, 0.29) is 16.8 Å². The van der Waals surface area contributed by atoms with Gasteiger partial charge in [-0.2, -0.15) is 13.2 Å². The van der Waals surface area contributed by atoms with Gasteiger partial charge in [0, 0.05) is 12.4 Å². The SMILES string of the molecule is O=S(=O)(CC(F)(F)F)N(Cc1cccnc1)c1ccc(C(O)c2ccc(F)c(F)c2)cc1. The molecule has 0 radical (unpaired) electrons. The molecule has 1 unspecified atom stereocenters. The molecule has 1 aromatic heterocycles. The number of hydrogen-bond acceptors (Lipinski definition) is 4. The summed E-state index contributed by atoms with van der Waals surface area (Å²) in [6.07, 6.45) is -3.55. The van der Waals surface area contributed by atoms with E-state index >= 15 is 0 Å².